The number of benzene rings is 1. The quantitative estimate of drug-likeness (QED) is 0.826. The van der Waals surface area contributed by atoms with Gasteiger partial charge in [-0.15, -0.1) is 0 Å². The van der Waals surface area contributed by atoms with E-state index in [9.17, 15) is 13.2 Å². The Morgan fingerprint density at radius 1 is 1.35 bits per heavy atom. The van der Waals surface area contributed by atoms with Crippen molar-refractivity contribution in [3.8, 4) is 0 Å². The molecule has 0 aliphatic carbocycles. The smallest absolute Gasteiger partial charge is 0.236 e. The van der Waals surface area contributed by atoms with E-state index < -0.39 is 21.7 Å². The van der Waals surface area contributed by atoms with Crippen LogP contribution in [0.25, 0.3) is 0 Å². The van der Waals surface area contributed by atoms with E-state index in [-0.39, 0.29) is 6.04 Å². The van der Waals surface area contributed by atoms with Gasteiger partial charge in [0.2, 0.25) is 15.9 Å². The third kappa shape index (κ3) is 5.66. The number of sulfonamides is 1. The molecule has 0 saturated heterocycles. The number of carbonyl (C=O) groups excluding carboxylic acids is 1. The molecule has 0 fully saturated rings. The van der Waals surface area contributed by atoms with Gasteiger partial charge in [-0.1, -0.05) is 29.3 Å². The van der Waals surface area contributed by atoms with E-state index >= 15 is 0 Å². The Bertz CT molecular complexity index is 590. The Labute approximate surface area is 128 Å². The van der Waals surface area contributed by atoms with Gasteiger partial charge in [-0.3, -0.25) is 4.79 Å². The zero-order valence-electron chi connectivity index (χ0n) is 11.1. The summed E-state index contributed by atoms with van der Waals surface area (Å²) in [7, 11) is -2.29. The Balaban J connectivity index is 2.59. The maximum atomic E-state index is 11.6. The average Bonchev–Trinajstić information content (AvgIpc) is 2.32. The SMILES string of the molecule is CNS(=O)(=O)CC(=O)N[C@@H](C)Cc1ccc(Cl)cc1Cl. The van der Waals surface area contributed by atoms with Gasteiger partial charge >= 0.3 is 0 Å². The van der Waals surface area contributed by atoms with Crippen LogP contribution < -0.4 is 10.0 Å². The predicted molar refractivity (Wildman–Crippen MR) is 80.6 cm³/mol. The number of rotatable bonds is 6. The Kier molecular flexibility index (Phi) is 6.26. The van der Waals surface area contributed by atoms with Crippen LogP contribution in [-0.2, 0) is 21.2 Å². The number of halogens is 2. The molecule has 1 aromatic rings. The summed E-state index contributed by atoms with van der Waals surface area (Å²) in [4.78, 5) is 11.6. The average molecular weight is 339 g/mol. The van der Waals surface area contributed by atoms with Crippen molar-refractivity contribution >= 4 is 39.1 Å². The standard InChI is InChI=1S/C12H16Cl2N2O3S/c1-8(16-12(17)7-20(18,19)15-2)5-9-3-4-10(13)6-11(9)14/h3-4,6,8,15H,5,7H2,1-2H3,(H,16,17)/t8-/m0/s1. The lowest BCUT2D eigenvalue weighted by Crippen LogP contribution is -2.40. The van der Waals surface area contributed by atoms with Crippen LogP contribution in [0.4, 0.5) is 0 Å². The third-order valence-electron chi connectivity index (χ3n) is 2.58. The molecule has 0 aliphatic rings. The van der Waals surface area contributed by atoms with Gasteiger partial charge in [-0.2, -0.15) is 0 Å². The molecule has 0 saturated carbocycles. The first-order valence-electron chi connectivity index (χ1n) is 5.88. The van der Waals surface area contributed by atoms with E-state index in [1.165, 1.54) is 7.05 Å². The van der Waals surface area contributed by atoms with E-state index in [1.807, 2.05) is 0 Å². The van der Waals surface area contributed by atoms with Crippen molar-refractivity contribution in [2.75, 3.05) is 12.8 Å². The summed E-state index contributed by atoms with van der Waals surface area (Å²) in [6, 6.07) is 4.87. The summed E-state index contributed by atoms with van der Waals surface area (Å²) in [5.74, 6) is -1.15. The van der Waals surface area contributed by atoms with Gasteiger partial charge in [0, 0.05) is 16.1 Å². The van der Waals surface area contributed by atoms with Crippen molar-refractivity contribution in [3.63, 3.8) is 0 Å². The Morgan fingerprint density at radius 3 is 2.55 bits per heavy atom. The van der Waals surface area contributed by atoms with Crippen LogP contribution in [0.2, 0.25) is 10.0 Å². The normalized spacial score (nSPS) is 13.0. The highest BCUT2D eigenvalue weighted by Gasteiger charge is 2.16. The first-order valence-corrected chi connectivity index (χ1v) is 8.29. The van der Waals surface area contributed by atoms with Gasteiger partial charge in [0.05, 0.1) is 0 Å². The van der Waals surface area contributed by atoms with Crippen LogP contribution in [0.1, 0.15) is 12.5 Å². The first kappa shape index (κ1) is 17.2. The highest BCUT2D eigenvalue weighted by Crippen LogP contribution is 2.22. The molecule has 0 aromatic heterocycles. The van der Waals surface area contributed by atoms with Gasteiger partial charge in [-0.05, 0) is 38.1 Å². The fraction of sp³-hybridized carbons (Fsp3) is 0.417. The molecule has 2 N–H and O–H groups in total. The molecule has 0 heterocycles. The van der Waals surface area contributed by atoms with Crippen LogP contribution >= 0.6 is 23.2 Å². The van der Waals surface area contributed by atoms with Gasteiger partial charge in [0.1, 0.15) is 5.75 Å². The van der Waals surface area contributed by atoms with Crippen LogP contribution in [0.5, 0.6) is 0 Å². The molecule has 5 nitrogen and oxygen atoms in total. The number of amides is 1. The number of carbonyl (C=O) groups is 1. The predicted octanol–water partition coefficient (Wildman–Crippen LogP) is 1.59. The summed E-state index contributed by atoms with van der Waals surface area (Å²) in [6.45, 7) is 1.77. The molecule has 0 bridgehead atoms. The number of nitrogens with one attached hydrogen (secondary N) is 2. The third-order valence-corrected chi connectivity index (χ3v) is 4.43. The maximum absolute atomic E-state index is 11.6. The molecule has 0 aliphatic heterocycles. The minimum Gasteiger partial charge on any atom is -0.352 e. The summed E-state index contributed by atoms with van der Waals surface area (Å²) < 4.78 is 24.6. The topological polar surface area (TPSA) is 75.3 Å². The second-order valence-electron chi connectivity index (χ2n) is 4.37. The van der Waals surface area contributed by atoms with Crippen molar-refractivity contribution in [2.24, 2.45) is 0 Å². The fourth-order valence-corrected chi connectivity index (χ4v) is 2.69. The zero-order chi connectivity index (χ0) is 15.3. The minimum atomic E-state index is -3.56. The number of hydrogen-bond donors (Lipinski definition) is 2. The van der Waals surface area contributed by atoms with E-state index in [2.05, 4.69) is 10.0 Å². The van der Waals surface area contributed by atoms with Gasteiger partial charge in [-0.25, -0.2) is 13.1 Å². The number of hydrogen-bond acceptors (Lipinski definition) is 3. The molecule has 112 valence electrons. The van der Waals surface area contributed by atoms with Crippen molar-refractivity contribution in [3.05, 3.63) is 33.8 Å². The molecule has 8 heteroatoms. The van der Waals surface area contributed by atoms with Gasteiger partial charge in [0.25, 0.3) is 0 Å². The molecule has 20 heavy (non-hydrogen) atoms. The van der Waals surface area contributed by atoms with E-state index in [0.717, 1.165) is 5.56 Å². The van der Waals surface area contributed by atoms with E-state index in [4.69, 9.17) is 23.2 Å². The van der Waals surface area contributed by atoms with Crippen molar-refractivity contribution in [1.29, 1.82) is 0 Å². The van der Waals surface area contributed by atoms with Gasteiger partial charge < -0.3 is 5.32 Å². The van der Waals surface area contributed by atoms with E-state index in [0.29, 0.717) is 16.5 Å². The van der Waals surface area contributed by atoms with Gasteiger partial charge in [0.15, 0.2) is 0 Å². The lowest BCUT2D eigenvalue weighted by molar-refractivity contribution is -0.119. The second-order valence-corrected chi connectivity index (χ2v) is 7.14. The van der Waals surface area contributed by atoms with Crippen LogP contribution in [-0.4, -0.2) is 33.2 Å². The fourth-order valence-electron chi connectivity index (χ4n) is 1.63. The molecule has 0 unspecified atom stereocenters. The van der Waals surface area contributed by atoms with Crippen molar-refractivity contribution < 1.29 is 13.2 Å². The Morgan fingerprint density at radius 2 is 2.00 bits per heavy atom. The molecule has 1 aromatic carbocycles. The lowest BCUT2D eigenvalue weighted by atomic mass is 10.1. The van der Waals surface area contributed by atoms with E-state index in [1.54, 1.807) is 25.1 Å². The van der Waals surface area contributed by atoms with Crippen LogP contribution in [0.3, 0.4) is 0 Å². The van der Waals surface area contributed by atoms with Crippen LogP contribution in [0.15, 0.2) is 18.2 Å². The minimum absolute atomic E-state index is 0.242. The summed E-state index contributed by atoms with van der Waals surface area (Å²) in [6.07, 6.45) is 0.487. The maximum Gasteiger partial charge on any atom is 0.236 e. The second kappa shape index (κ2) is 7.26. The molecular formula is C12H16Cl2N2O3S. The zero-order valence-corrected chi connectivity index (χ0v) is 13.4. The summed E-state index contributed by atoms with van der Waals surface area (Å²) in [5.41, 5.74) is 0.834. The monoisotopic (exact) mass is 338 g/mol. The van der Waals surface area contributed by atoms with Crippen molar-refractivity contribution in [1.82, 2.24) is 10.0 Å². The molecule has 0 radical (unpaired) electrons. The molecule has 1 rings (SSSR count). The summed E-state index contributed by atoms with van der Waals surface area (Å²) in [5, 5.41) is 3.66. The van der Waals surface area contributed by atoms with Crippen LogP contribution in [0, 0.1) is 0 Å². The molecule has 1 amide bonds. The lowest BCUT2D eigenvalue weighted by Gasteiger charge is -2.15. The molecule has 1 atom stereocenters. The summed E-state index contributed by atoms with van der Waals surface area (Å²) >= 11 is 11.8. The molecule has 0 spiro atoms. The Hall–Kier alpha value is -0.820. The highest BCUT2D eigenvalue weighted by atomic mass is 35.5. The first-order chi connectivity index (χ1) is 9.23. The largest absolute Gasteiger partial charge is 0.352 e. The highest BCUT2D eigenvalue weighted by molar-refractivity contribution is 7.90. The molecular weight excluding hydrogens is 323 g/mol. The van der Waals surface area contributed by atoms with Crippen molar-refractivity contribution in [2.45, 2.75) is 19.4 Å².